The number of fused-ring (bicyclic) bond motifs is 2. The van der Waals surface area contributed by atoms with Crippen LogP contribution in [0.5, 0.6) is 0 Å². The molecule has 0 saturated carbocycles. The van der Waals surface area contributed by atoms with Crippen molar-refractivity contribution < 1.29 is 23.8 Å². The number of rotatable bonds is 4. The third-order valence-electron chi connectivity index (χ3n) is 2.93. The van der Waals surface area contributed by atoms with Crippen LogP contribution in [-0.2, 0) is 23.8 Å². The lowest BCUT2D eigenvalue weighted by molar-refractivity contribution is -0.171. The normalized spacial score (nSPS) is 30.5. The van der Waals surface area contributed by atoms with Crippen molar-refractivity contribution in [1.82, 2.24) is 0 Å². The van der Waals surface area contributed by atoms with Crippen molar-refractivity contribution in [2.75, 3.05) is 13.7 Å². The maximum atomic E-state index is 11.6. The average molecular weight is 238 g/mol. The van der Waals surface area contributed by atoms with Gasteiger partial charge in [0.15, 0.2) is 0 Å². The van der Waals surface area contributed by atoms with Gasteiger partial charge in [0, 0.05) is 6.42 Å². The summed E-state index contributed by atoms with van der Waals surface area (Å²) < 4.78 is 15.2. The molecule has 92 valence electrons. The van der Waals surface area contributed by atoms with Crippen molar-refractivity contribution in [3.05, 3.63) is 24.3 Å². The summed E-state index contributed by atoms with van der Waals surface area (Å²) in [4.78, 5) is 23.0. The van der Waals surface area contributed by atoms with Crippen LogP contribution in [0.15, 0.2) is 24.3 Å². The van der Waals surface area contributed by atoms with Crippen molar-refractivity contribution in [1.29, 1.82) is 0 Å². The maximum Gasteiger partial charge on any atom is 0.337 e. The Bertz CT molecular complexity index is 384. The summed E-state index contributed by atoms with van der Waals surface area (Å²) in [7, 11) is 1.30. The largest absolute Gasteiger partial charge is 0.466 e. The lowest BCUT2D eigenvalue weighted by atomic mass is 9.82. The van der Waals surface area contributed by atoms with Crippen molar-refractivity contribution in [2.45, 2.75) is 18.6 Å². The molecule has 2 aliphatic heterocycles. The fourth-order valence-corrected chi connectivity index (χ4v) is 2.12. The van der Waals surface area contributed by atoms with Crippen LogP contribution >= 0.6 is 0 Å². The van der Waals surface area contributed by atoms with Gasteiger partial charge in [0.05, 0.1) is 25.4 Å². The van der Waals surface area contributed by atoms with Crippen LogP contribution in [0.25, 0.3) is 0 Å². The van der Waals surface area contributed by atoms with Crippen LogP contribution in [0.1, 0.15) is 6.42 Å². The molecule has 0 aromatic heterocycles. The molecule has 5 heteroatoms. The number of methoxy groups -OCH3 is 1. The molecule has 0 radical (unpaired) electrons. The summed E-state index contributed by atoms with van der Waals surface area (Å²) in [6.07, 6.45) is 2.92. The summed E-state index contributed by atoms with van der Waals surface area (Å²) >= 11 is 0. The van der Waals surface area contributed by atoms with Crippen LogP contribution in [0.2, 0.25) is 0 Å². The molecule has 0 N–H and O–H groups in total. The molecule has 1 fully saturated rings. The smallest absolute Gasteiger partial charge is 0.337 e. The molecule has 2 bridgehead atoms. The molecule has 0 aromatic rings. The molecule has 3 aliphatic rings. The zero-order valence-electron chi connectivity index (χ0n) is 9.55. The zero-order chi connectivity index (χ0) is 12.4. The van der Waals surface area contributed by atoms with E-state index in [1.54, 1.807) is 12.2 Å². The SMILES string of the molecule is C=CCO[C@H]1C[C@@H]2OC(=O)[C@H]1C=C2C(=O)OC. The van der Waals surface area contributed by atoms with E-state index in [0.29, 0.717) is 18.6 Å². The highest BCUT2D eigenvalue weighted by Crippen LogP contribution is 2.35. The summed E-state index contributed by atoms with van der Waals surface area (Å²) in [5, 5.41) is 0. The average Bonchev–Trinajstić information content (AvgIpc) is 2.35. The summed E-state index contributed by atoms with van der Waals surface area (Å²) in [5.41, 5.74) is 0.413. The van der Waals surface area contributed by atoms with Crippen molar-refractivity contribution in [2.24, 2.45) is 5.92 Å². The van der Waals surface area contributed by atoms with Crippen LogP contribution in [-0.4, -0.2) is 37.9 Å². The number of ether oxygens (including phenoxy) is 3. The molecule has 0 aromatic carbocycles. The summed E-state index contributed by atoms with van der Waals surface area (Å²) in [5.74, 6) is -1.31. The number of carbonyl (C=O) groups excluding carboxylic acids is 2. The Morgan fingerprint density at radius 3 is 3.06 bits per heavy atom. The van der Waals surface area contributed by atoms with Gasteiger partial charge in [-0.1, -0.05) is 12.2 Å². The Kier molecular flexibility index (Phi) is 3.28. The Labute approximate surface area is 99.0 Å². The van der Waals surface area contributed by atoms with Gasteiger partial charge in [-0.2, -0.15) is 0 Å². The van der Waals surface area contributed by atoms with Gasteiger partial charge in [-0.25, -0.2) is 4.79 Å². The highest BCUT2D eigenvalue weighted by Gasteiger charge is 2.46. The van der Waals surface area contributed by atoms with Gasteiger partial charge in [0.25, 0.3) is 0 Å². The van der Waals surface area contributed by atoms with Gasteiger partial charge >= 0.3 is 11.9 Å². The predicted molar refractivity (Wildman–Crippen MR) is 58.0 cm³/mol. The minimum atomic E-state index is -0.547. The molecule has 3 rings (SSSR count). The van der Waals surface area contributed by atoms with Gasteiger partial charge < -0.3 is 14.2 Å². The Morgan fingerprint density at radius 1 is 1.71 bits per heavy atom. The minimum absolute atomic E-state index is 0.243. The molecule has 1 saturated heterocycles. The van der Waals surface area contributed by atoms with Crippen LogP contribution < -0.4 is 0 Å². The summed E-state index contributed by atoms with van der Waals surface area (Å²) in [6, 6.07) is 0. The first-order valence-corrected chi connectivity index (χ1v) is 5.40. The number of hydrogen-bond acceptors (Lipinski definition) is 5. The highest BCUT2D eigenvalue weighted by molar-refractivity contribution is 5.93. The van der Waals surface area contributed by atoms with Gasteiger partial charge in [0.2, 0.25) is 0 Å². The topological polar surface area (TPSA) is 61.8 Å². The second-order valence-electron chi connectivity index (χ2n) is 3.96. The van der Waals surface area contributed by atoms with E-state index in [1.165, 1.54) is 7.11 Å². The molecule has 0 amide bonds. The van der Waals surface area contributed by atoms with E-state index in [2.05, 4.69) is 11.3 Å². The van der Waals surface area contributed by atoms with Gasteiger partial charge in [-0.15, -0.1) is 6.58 Å². The molecule has 2 heterocycles. The molecule has 1 aliphatic carbocycles. The quantitative estimate of drug-likeness (QED) is 0.530. The van der Waals surface area contributed by atoms with E-state index in [0.717, 1.165) is 0 Å². The van der Waals surface area contributed by atoms with Gasteiger partial charge in [-0.05, 0) is 0 Å². The molecule has 5 nitrogen and oxygen atoms in total. The highest BCUT2D eigenvalue weighted by atomic mass is 16.6. The molecule has 3 atom stereocenters. The van der Waals surface area contributed by atoms with Crippen LogP contribution in [0, 0.1) is 5.92 Å². The molecule has 0 spiro atoms. The molecule has 0 unspecified atom stereocenters. The minimum Gasteiger partial charge on any atom is -0.466 e. The van der Waals surface area contributed by atoms with Crippen molar-refractivity contribution in [3.63, 3.8) is 0 Å². The molecular weight excluding hydrogens is 224 g/mol. The van der Waals surface area contributed by atoms with E-state index in [-0.39, 0.29) is 12.1 Å². The number of hydrogen-bond donors (Lipinski definition) is 0. The third kappa shape index (κ3) is 2.10. The van der Waals surface area contributed by atoms with E-state index in [9.17, 15) is 9.59 Å². The first kappa shape index (κ1) is 11.9. The third-order valence-corrected chi connectivity index (χ3v) is 2.93. The second-order valence-corrected chi connectivity index (χ2v) is 3.96. The molecule has 17 heavy (non-hydrogen) atoms. The predicted octanol–water partition coefficient (Wildman–Crippen LogP) is 0.602. The van der Waals surface area contributed by atoms with Crippen LogP contribution in [0.3, 0.4) is 0 Å². The Morgan fingerprint density at radius 2 is 2.47 bits per heavy atom. The van der Waals surface area contributed by atoms with Crippen LogP contribution in [0.4, 0.5) is 0 Å². The van der Waals surface area contributed by atoms with Crippen molar-refractivity contribution in [3.8, 4) is 0 Å². The van der Waals surface area contributed by atoms with E-state index in [1.807, 2.05) is 0 Å². The Balaban J connectivity index is 2.17. The first-order chi connectivity index (χ1) is 8.17. The second kappa shape index (κ2) is 4.71. The summed E-state index contributed by atoms with van der Waals surface area (Å²) in [6.45, 7) is 3.93. The first-order valence-electron chi connectivity index (χ1n) is 5.40. The zero-order valence-corrected chi connectivity index (χ0v) is 9.55. The fraction of sp³-hybridized carbons (Fsp3) is 0.500. The number of carbonyl (C=O) groups is 2. The standard InChI is InChI=1S/C12H14O5/c1-3-4-16-9-6-10-8(11(13)15-2)5-7(9)12(14)17-10/h3,5,7,9-10H,1,4,6H2,2H3/t7-,9-,10-/m0/s1. The van der Waals surface area contributed by atoms with Gasteiger partial charge in [0.1, 0.15) is 12.0 Å². The monoisotopic (exact) mass is 238 g/mol. The lowest BCUT2D eigenvalue weighted by Crippen LogP contribution is -2.48. The van der Waals surface area contributed by atoms with Crippen molar-refractivity contribution >= 4 is 11.9 Å². The lowest BCUT2D eigenvalue weighted by Gasteiger charge is -2.38. The van der Waals surface area contributed by atoms with E-state index < -0.39 is 18.0 Å². The maximum absolute atomic E-state index is 11.6. The fourth-order valence-electron chi connectivity index (χ4n) is 2.12. The van der Waals surface area contributed by atoms with Gasteiger partial charge in [-0.3, -0.25) is 4.79 Å². The van der Waals surface area contributed by atoms with E-state index in [4.69, 9.17) is 9.47 Å². The Hall–Kier alpha value is -1.62. The number of esters is 2. The van der Waals surface area contributed by atoms with E-state index >= 15 is 0 Å². The molecular formula is C12H14O5.